The fourth-order valence-corrected chi connectivity index (χ4v) is 3.81. The first-order valence-electron chi connectivity index (χ1n) is 9.09. The van der Waals surface area contributed by atoms with E-state index in [1.807, 2.05) is 20.8 Å². The molecule has 2 aliphatic rings. The van der Waals surface area contributed by atoms with E-state index in [2.05, 4.69) is 47.5 Å². The zero-order valence-electron chi connectivity index (χ0n) is 15.3. The highest BCUT2D eigenvalue weighted by Crippen LogP contribution is 2.47. The number of benzene rings is 1. The molecule has 2 fully saturated rings. The Bertz CT molecular complexity index is 575. The fourth-order valence-electron chi connectivity index (χ4n) is 3.81. The lowest BCUT2D eigenvalue weighted by Crippen LogP contribution is -2.45. The molecule has 1 saturated carbocycles. The van der Waals surface area contributed by atoms with Crippen molar-refractivity contribution in [3.63, 3.8) is 0 Å². The van der Waals surface area contributed by atoms with Crippen LogP contribution in [0.15, 0.2) is 30.3 Å². The number of carbonyl (C=O) groups excluding carboxylic acids is 1. The molecule has 1 heterocycles. The van der Waals surface area contributed by atoms with Crippen LogP contribution in [0.2, 0.25) is 0 Å². The van der Waals surface area contributed by atoms with Gasteiger partial charge in [-0.25, -0.2) is 4.79 Å². The van der Waals surface area contributed by atoms with Crippen molar-refractivity contribution in [1.82, 2.24) is 10.2 Å². The fraction of sp³-hybridized carbons (Fsp3) is 0.650. The smallest absolute Gasteiger partial charge is 0.408 e. The Balaban J connectivity index is 1.58. The Morgan fingerprint density at radius 3 is 2.54 bits per heavy atom. The lowest BCUT2D eigenvalue weighted by molar-refractivity contribution is 0.0474. The van der Waals surface area contributed by atoms with E-state index in [4.69, 9.17) is 4.74 Å². The van der Waals surface area contributed by atoms with E-state index in [1.54, 1.807) is 0 Å². The minimum Gasteiger partial charge on any atom is -0.444 e. The van der Waals surface area contributed by atoms with Crippen molar-refractivity contribution in [2.45, 2.75) is 64.1 Å². The van der Waals surface area contributed by atoms with Crippen LogP contribution >= 0.6 is 0 Å². The number of hydrogen-bond acceptors (Lipinski definition) is 3. The zero-order chi connectivity index (χ0) is 17.4. The number of nitrogens with zero attached hydrogens (tertiary/aromatic N) is 1. The van der Waals surface area contributed by atoms with Crippen molar-refractivity contribution < 1.29 is 9.53 Å². The molecule has 132 valence electrons. The van der Waals surface area contributed by atoms with Gasteiger partial charge in [-0.05, 0) is 65.0 Å². The van der Waals surface area contributed by atoms with Gasteiger partial charge in [0.2, 0.25) is 0 Å². The number of amides is 1. The molecular weight excluding hydrogens is 300 g/mol. The maximum atomic E-state index is 12.2. The largest absolute Gasteiger partial charge is 0.444 e. The van der Waals surface area contributed by atoms with E-state index in [1.165, 1.54) is 5.56 Å². The minimum atomic E-state index is -0.441. The molecule has 2 atom stereocenters. The summed E-state index contributed by atoms with van der Waals surface area (Å²) in [5, 5.41) is 3.18. The van der Waals surface area contributed by atoms with E-state index in [0.717, 1.165) is 32.4 Å². The van der Waals surface area contributed by atoms with Gasteiger partial charge in [0.05, 0.1) is 0 Å². The molecule has 1 aliphatic heterocycles. The first kappa shape index (κ1) is 17.3. The number of alkyl carbamates (subject to hydrolysis) is 1. The van der Waals surface area contributed by atoms with Gasteiger partial charge in [0.25, 0.3) is 0 Å². The van der Waals surface area contributed by atoms with Crippen molar-refractivity contribution in [2.75, 3.05) is 13.1 Å². The van der Waals surface area contributed by atoms with Gasteiger partial charge in [0, 0.05) is 18.1 Å². The summed E-state index contributed by atoms with van der Waals surface area (Å²) in [6, 6.07) is 11.1. The van der Waals surface area contributed by atoms with E-state index < -0.39 is 5.60 Å². The molecule has 0 spiro atoms. The molecule has 2 unspecified atom stereocenters. The molecule has 4 nitrogen and oxygen atoms in total. The number of rotatable bonds is 4. The van der Waals surface area contributed by atoms with Crippen molar-refractivity contribution in [1.29, 1.82) is 0 Å². The number of hydrogen-bond donors (Lipinski definition) is 1. The predicted molar refractivity (Wildman–Crippen MR) is 95.9 cm³/mol. The van der Waals surface area contributed by atoms with E-state index in [0.29, 0.717) is 12.0 Å². The quantitative estimate of drug-likeness (QED) is 0.902. The van der Waals surface area contributed by atoms with Gasteiger partial charge in [-0.1, -0.05) is 30.3 Å². The molecule has 1 aromatic carbocycles. The van der Waals surface area contributed by atoms with Crippen LogP contribution in [0.25, 0.3) is 0 Å². The molecule has 1 saturated heterocycles. The summed E-state index contributed by atoms with van der Waals surface area (Å²) < 4.78 is 5.45. The summed E-state index contributed by atoms with van der Waals surface area (Å²) >= 11 is 0. The molecule has 0 aromatic heterocycles. The first-order valence-corrected chi connectivity index (χ1v) is 9.09. The maximum absolute atomic E-state index is 12.2. The molecule has 0 radical (unpaired) electrons. The van der Waals surface area contributed by atoms with Gasteiger partial charge in [-0.2, -0.15) is 0 Å². The second-order valence-corrected chi connectivity index (χ2v) is 8.35. The summed E-state index contributed by atoms with van der Waals surface area (Å²) in [4.78, 5) is 14.7. The van der Waals surface area contributed by atoms with Crippen LogP contribution in [0.4, 0.5) is 4.79 Å². The SMILES string of the molecule is CC(c1ccccc1)N1CCC(C2(NC(=O)OC(C)(C)C)CC2)C1. The number of carbonyl (C=O) groups is 1. The molecule has 24 heavy (non-hydrogen) atoms. The Kier molecular flexibility index (Phi) is 4.60. The third-order valence-electron chi connectivity index (χ3n) is 5.37. The van der Waals surface area contributed by atoms with Gasteiger partial charge in [-0.3, -0.25) is 4.90 Å². The summed E-state index contributed by atoms with van der Waals surface area (Å²) in [7, 11) is 0. The summed E-state index contributed by atoms with van der Waals surface area (Å²) in [5.74, 6) is 0.524. The van der Waals surface area contributed by atoms with Crippen LogP contribution in [0.1, 0.15) is 58.6 Å². The van der Waals surface area contributed by atoms with Crippen molar-refractivity contribution in [3.8, 4) is 0 Å². The second kappa shape index (κ2) is 6.40. The molecule has 1 amide bonds. The van der Waals surface area contributed by atoms with Crippen molar-refractivity contribution >= 4 is 6.09 Å². The van der Waals surface area contributed by atoms with E-state index >= 15 is 0 Å². The summed E-state index contributed by atoms with van der Waals surface area (Å²) in [6.07, 6.45) is 3.02. The average Bonchev–Trinajstić information content (AvgIpc) is 3.11. The Morgan fingerprint density at radius 2 is 1.96 bits per heavy atom. The molecule has 0 bridgehead atoms. The van der Waals surface area contributed by atoms with Crippen molar-refractivity contribution in [2.24, 2.45) is 5.92 Å². The lowest BCUT2D eigenvalue weighted by Gasteiger charge is -2.29. The van der Waals surface area contributed by atoms with Crippen LogP contribution < -0.4 is 5.32 Å². The third kappa shape index (κ3) is 3.92. The topological polar surface area (TPSA) is 41.6 Å². The highest BCUT2D eigenvalue weighted by molar-refractivity contribution is 5.69. The Labute approximate surface area is 145 Å². The normalized spacial score (nSPS) is 24.4. The lowest BCUT2D eigenvalue weighted by atomic mass is 9.96. The molecule has 3 rings (SSSR count). The van der Waals surface area contributed by atoms with Crippen LogP contribution in [0.5, 0.6) is 0 Å². The average molecular weight is 330 g/mol. The van der Waals surface area contributed by atoms with Gasteiger partial charge in [0.1, 0.15) is 5.60 Å². The standard InChI is InChI=1S/C20H30N2O2/c1-15(16-8-6-5-7-9-16)22-13-10-17(14-22)20(11-12-20)21-18(23)24-19(2,3)4/h5-9,15,17H,10-14H2,1-4H3,(H,21,23). The Morgan fingerprint density at radius 1 is 1.29 bits per heavy atom. The van der Waals surface area contributed by atoms with Crippen molar-refractivity contribution in [3.05, 3.63) is 35.9 Å². The number of likely N-dealkylation sites (tertiary alicyclic amines) is 1. The van der Waals surface area contributed by atoms with Gasteiger partial charge in [0.15, 0.2) is 0 Å². The molecule has 1 aliphatic carbocycles. The van der Waals surface area contributed by atoms with Gasteiger partial charge >= 0.3 is 6.09 Å². The Hall–Kier alpha value is -1.55. The van der Waals surface area contributed by atoms with E-state index in [9.17, 15) is 4.79 Å². The molecule has 1 aromatic rings. The van der Waals surface area contributed by atoms with Gasteiger partial charge in [-0.15, -0.1) is 0 Å². The van der Waals surface area contributed by atoms with Crippen LogP contribution in [-0.4, -0.2) is 35.2 Å². The first-order chi connectivity index (χ1) is 11.3. The van der Waals surface area contributed by atoms with Crippen LogP contribution in [0.3, 0.4) is 0 Å². The van der Waals surface area contributed by atoms with Crippen LogP contribution in [0, 0.1) is 5.92 Å². The summed E-state index contributed by atoms with van der Waals surface area (Å²) in [6.45, 7) is 10.1. The molecule has 4 heteroatoms. The molecular formula is C20H30N2O2. The summed E-state index contributed by atoms with van der Waals surface area (Å²) in [5.41, 5.74) is 0.889. The number of ether oxygens (including phenoxy) is 1. The number of nitrogens with one attached hydrogen (secondary N) is 1. The monoisotopic (exact) mass is 330 g/mol. The maximum Gasteiger partial charge on any atom is 0.408 e. The zero-order valence-corrected chi connectivity index (χ0v) is 15.3. The predicted octanol–water partition coefficient (Wildman–Crippen LogP) is 4.13. The highest BCUT2D eigenvalue weighted by atomic mass is 16.6. The minimum absolute atomic E-state index is 0.0342. The van der Waals surface area contributed by atoms with E-state index in [-0.39, 0.29) is 11.6 Å². The third-order valence-corrected chi connectivity index (χ3v) is 5.37. The van der Waals surface area contributed by atoms with Crippen LogP contribution in [-0.2, 0) is 4.74 Å². The highest BCUT2D eigenvalue weighted by Gasteiger charge is 2.53. The van der Waals surface area contributed by atoms with Gasteiger partial charge < -0.3 is 10.1 Å². The second-order valence-electron chi connectivity index (χ2n) is 8.35. The molecule has 1 N–H and O–H groups in total.